The van der Waals surface area contributed by atoms with Crippen molar-refractivity contribution in [3.8, 4) is 22.3 Å². The summed E-state index contributed by atoms with van der Waals surface area (Å²) in [5.74, 6) is 3.60. The molecule has 2 nitrogen and oxygen atoms in total. The Hall–Kier alpha value is -5.08. The van der Waals surface area contributed by atoms with Crippen molar-refractivity contribution in [3.63, 3.8) is 0 Å². The van der Waals surface area contributed by atoms with Gasteiger partial charge in [-0.1, -0.05) is 113 Å². The van der Waals surface area contributed by atoms with E-state index in [9.17, 15) is 0 Å². The maximum absolute atomic E-state index is 6.47. The molecule has 276 valence electrons. The maximum atomic E-state index is 6.47. The number of para-hydroxylation sites is 1. The first-order chi connectivity index (χ1) is 27.2. The van der Waals surface area contributed by atoms with Crippen molar-refractivity contribution < 1.29 is 4.42 Å². The van der Waals surface area contributed by atoms with Crippen LogP contribution in [-0.4, -0.2) is 0 Å². The molecular weight excluding hydrogens is 679 g/mol. The molecule has 1 aromatic heterocycles. The van der Waals surface area contributed by atoms with Crippen LogP contribution in [0.4, 0.5) is 17.1 Å². The number of hydrogen-bond donors (Lipinski definition) is 0. The molecule has 4 saturated carbocycles. The lowest BCUT2D eigenvalue weighted by molar-refractivity contribution is -0.231. The van der Waals surface area contributed by atoms with Gasteiger partial charge in [-0.2, -0.15) is 0 Å². The Morgan fingerprint density at radius 1 is 0.571 bits per heavy atom. The van der Waals surface area contributed by atoms with Gasteiger partial charge in [0.2, 0.25) is 0 Å². The third-order valence-corrected chi connectivity index (χ3v) is 16.8. The van der Waals surface area contributed by atoms with Crippen LogP contribution in [0.1, 0.15) is 88.5 Å². The summed E-state index contributed by atoms with van der Waals surface area (Å²) >= 11 is 0. The Morgan fingerprint density at radius 3 is 2.12 bits per heavy atom. The Kier molecular flexibility index (Phi) is 5.98. The number of anilines is 3. The van der Waals surface area contributed by atoms with Gasteiger partial charge in [0.1, 0.15) is 11.2 Å². The van der Waals surface area contributed by atoms with Crippen molar-refractivity contribution in [1.29, 1.82) is 0 Å². The summed E-state index contributed by atoms with van der Waals surface area (Å²) in [4.78, 5) is 2.49. The molecule has 4 fully saturated rings. The molecule has 0 saturated heterocycles. The van der Waals surface area contributed by atoms with Crippen molar-refractivity contribution in [2.45, 2.75) is 82.5 Å². The van der Waals surface area contributed by atoms with Crippen LogP contribution in [0, 0.1) is 29.1 Å². The molecule has 0 radical (unpaired) electrons. The third kappa shape index (κ3) is 3.71. The van der Waals surface area contributed by atoms with Gasteiger partial charge in [0.15, 0.2) is 0 Å². The van der Waals surface area contributed by atoms with Crippen LogP contribution in [0.3, 0.4) is 0 Å². The summed E-state index contributed by atoms with van der Waals surface area (Å²) in [5.41, 5.74) is 18.3. The second-order valence-electron chi connectivity index (χ2n) is 20.0. The van der Waals surface area contributed by atoms with E-state index in [1.807, 2.05) is 0 Å². The first-order valence-electron chi connectivity index (χ1n) is 21.4. The van der Waals surface area contributed by atoms with E-state index in [-0.39, 0.29) is 16.2 Å². The number of benzene rings is 6. The summed E-state index contributed by atoms with van der Waals surface area (Å²) in [6.07, 6.45) is 8.27. The molecule has 56 heavy (non-hydrogen) atoms. The molecule has 0 aliphatic heterocycles. The highest BCUT2D eigenvalue weighted by Gasteiger charge is 2.84. The van der Waals surface area contributed by atoms with Crippen molar-refractivity contribution in [2.75, 3.05) is 4.90 Å². The zero-order valence-electron chi connectivity index (χ0n) is 33.0. The van der Waals surface area contributed by atoms with E-state index in [1.54, 1.807) is 11.1 Å². The fraction of sp³-hybridized carbons (Fsp3) is 0.333. The molecule has 2 bridgehead atoms. The molecule has 6 unspecified atom stereocenters. The van der Waals surface area contributed by atoms with E-state index in [4.69, 9.17) is 4.42 Å². The largest absolute Gasteiger partial charge is 0.456 e. The van der Waals surface area contributed by atoms with Gasteiger partial charge in [-0.3, -0.25) is 0 Å². The van der Waals surface area contributed by atoms with Gasteiger partial charge in [-0.05, 0) is 165 Å². The maximum Gasteiger partial charge on any atom is 0.137 e. The van der Waals surface area contributed by atoms with Gasteiger partial charge < -0.3 is 9.32 Å². The molecule has 6 atom stereocenters. The fourth-order valence-electron chi connectivity index (χ4n) is 14.5. The monoisotopic (exact) mass is 727 g/mol. The third-order valence-electron chi connectivity index (χ3n) is 16.8. The molecule has 13 rings (SSSR count). The highest BCUT2D eigenvalue weighted by molar-refractivity contribution is 6.13. The molecule has 6 aliphatic rings. The van der Waals surface area contributed by atoms with Gasteiger partial charge in [0.25, 0.3) is 0 Å². The molecule has 1 heterocycles. The minimum atomic E-state index is 0.102. The molecular formula is C54H49NO. The van der Waals surface area contributed by atoms with Gasteiger partial charge >= 0.3 is 0 Å². The van der Waals surface area contributed by atoms with E-state index in [1.165, 1.54) is 77.6 Å². The second kappa shape index (κ2) is 10.5. The Labute approximate surface area is 330 Å². The van der Waals surface area contributed by atoms with Crippen molar-refractivity contribution in [1.82, 2.24) is 0 Å². The second-order valence-corrected chi connectivity index (χ2v) is 20.0. The van der Waals surface area contributed by atoms with E-state index in [0.29, 0.717) is 5.41 Å². The van der Waals surface area contributed by atoms with Crippen LogP contribution in [0.25, 0.3) is 44.2 Å². The smallest absolute Gasteiger partial charge is 0.137 e. The van der Waals surface area contributed by atoms with E-state index in [2.05, 4.69) is 160 Å². The number of fused-ring (bicyclic) bond motifs is 12. The molecule has 2 heteroatoms. The van der Waals surface area contributed by atoms with Gasteiger partial charge in [0, 0.05) is 22.2 Å². The molecule has 6 aliphatic carbocycles. The van der Waals surface area contributed by atoms with Crippen LogP contribution in [0.2, 0.25) is 0 Å². The van der Waals surface area contributed by atoms with Crippen molar-refractivity contribution in [2.24, 2.45) is 29.1 Å². The average molecular weight is 728 g/mol. The van der Waals surface area contributed by atoms with E-state index < -0.39 is 0 Å². The topological polar surface area (TPSA) is 16.4 Å². The Bertz CT molecular complexity index is 2820. The summed E-state index contributed by atoms with van der Waals surface area (Å²) in [6.45, 7) is 9.69. The highest BCUT2D eigenvalue weighted by Crippen LogP contribution is 2.89. The zero-order valence-corrected chi connectivity index (χ0v) is 33.0. The fourth-order valence-corrected chi connectivity index (χ4v) is 14.5. The van der Waals surface area contributed by atoms with Gasteiger partial charge in [-0.15, -0.1) is 0 Å². The Morgan fingerprint density at radius 2 is 1.27 bits per heavy atom. The van der Waals surface area contributed by atoms with Gasteiger partial charge in [0.05, 0.1) is 11.1 Å². The molecule has 6 aromatic carbocycles. The molecule has 0 N–H and O–H groups in total. The lowest BCUT2D eigenvalue weighted by Crippen LogP contribution is -2.73. The van der Waals surface area contributed by atoms with Crippen LogP contribution < -0.4 is 4.90 Å². The van der Waals surface area contributed by atoms with Crippen LogP contribution in [0.15, 0.2) is 132 Å². The molecule has 0 amide bonds. The minimum Gasteiger partial charge on any atom is -0.456 e. The molecule has 7 aromatic rings. The number of furan rings is 1. The summed E-state index contributed by atoms with van der Waals surface area (Å²) in [5, 5.41) is 2.31. The normalized spacial score (nSPS) is 29.1. The van der Waals surface area contributed by atoms with Crippen LogP contribution in [-0.2, 0) is 16.2 Å². The predicted octanol–water partition coefficient (Wildman–Crippen LogP) is 14.4. The lowest BCUT2D eigenvalue weighted by Gasteiger charge is -2.76. The van der Waals surface area contributed by atoms with Crippen molar-refractivity contribution in [3.05, 3.63) is 150 Å². The average Bonchev–Trinajstić information content (AvgIpc) is 3.95. The number of rotatable bonds is 4. The zero-order chi connectivity index (χ0) is 37.3. The quantitative estimate of drug-likeness (QED) is 0.179. The van der Waals surface area contributed by atoms with Crippen molar-refractivity contribution >= 4 is 39.0 Å². The number of nitrogens with zero attached hydrogens (tertiary/aromatic N) is 1. The summed E-state index contributed by atoms with van der Waals surface area (Å²) in [7, 11) is 0. The van der Waals surface area contributed by atoms with E-state index >= 15 is 0 Å². The minimum absolute atomic E-state index is 0.102. The SMILES string of the molecule is CC1(C)CCC(C)(C)c2cc(N(c3ccc(-c4cccc5c4-c4ccccc4C54C5CC6CC7CC4C75C6)cc3)c3cccc4oc5ccccc5c34)ccc21. The summed E-state index contributed by atoms with van der Waals surface area (Å²) < 4.78 is 6.47. The van der Waals surface area contributed by atoms with Crippen LogP contribution in [0.5, 0.6) is 0 Å². The highest BCUT2D eigenvalue weighted by atomic mass is 16.3. The van der Waals surface area contributed by atoms with E-state index in [0.717, 1.165) is 57.0 Å². The van der Waals surface area contributed by atoms with Gasteiger partial charge in [-0.25, -0.2) is 0 Å². The predicted molar refractivity (Wildman–Crippen MR) is 230 cm³/mol. The molecule has 2 spiro atoms. The lowest BCUT2D eigenvalue weighted by atomic mass is 9.27. The summed E-state index contributed by atoms with van der Waals surface area (Å²) in [6, 6.07) is 48.7. The number of hydrogen-bond acceptors (Lipinski definition) is 2. The van der Waals surface area contributed by atoms with Crippen LogP contribution >= 0.6 is 0 Å². The standard InChI is InChI=1S/C54H49NO/c1-51(2)25-26-52(3,4)43-30-36(23-24-41(43)51)55(44-16-10-18-46-50(44)39-12-6-8-17-45(39)56-46)35-21-19-33(20-22-35)37-13-9-15-42-49(37)38-11-5-7-14-40(38)54(42)47-28-32-27-34-29-48(54)53(34,47)31-32/h5-24,30,32,34,47-48H,25-29,31H2,1-4H3. The first kappa shape index (κ1) is 32.1. The first-order valence-corrected chi connectivity index (χ1v) is 21.4. The Balaban J connectivity index is 0.978.